The molecule has 0 spiro atoms. The number of hydrogen-bond acceptors (Lipinski definition) is 7. The Hall–Kier alpha value is -4.08. The molecule has 0 bridgehead atoms. The molecule has 39 heavy (non-hydrogen) atoms. The monoisotopic (exact) mass is 548 g/mol. The highest BCUT2D eigenvalue weighted by Gasteiger charge is 2.23. The minimum Gasteiger partial charge on any atom is -0.456 e. The first kappa shape index (κ1) is 26.5. The van der Waals surface area contributed by atoms with E-state index in [0.717, 1.165) is 11.8 Å². The number of anilines is 2. The van der Waals surface area contributed by atoms with E-state index in [4.69, 9.17) is 21.1 Å². The summed E-state index contributed by atoms with van der Waals surface area (Å²) < 4.78 is 25.9. The summed E-state index contributed by atoms with van der Waals surface area (Å²) in [6, 6.07) is 15.4. The van der Waals surface area contributed by atoms with E-state index < -0.39 is 5.82 Å². The molecule has 4 aromatic rings. The third kappa shape index (κ3) is 6.87. The van der Waals surface area contributed by atoms with Gasteiger partial charge in [0.15, 0.2) is 0 Å². The van der Waals surface area contributed by atoms with Crippen molar-refractivity contribution in [2.45, 2.75) is 25.8 Å². The van der Waals surface area contributed by atoms with Crippen molar-refractivity contribution in [3.8, 4) is 11.5 Å². The highest BCUT2D eigenvalue weighted by atomic mass is 35.5. The number of carbonyl (C=O) groups excluding carboxylic acids is 1. The number of pyridine rings is 1. The molecule has 1 fully saturated rings. The summed E-state index contributed by atoms with van der Waals surface area (Å²) in [5.41, 5.74) is 1.56. The number of carbonyl (C=O) groups is 1. The molecule has 1 N–H and O–H groups in total. The fourth-order valence-corrected chi connectivity index (χ4v) is 4.47. The van der Waals surface area contributed by atoms with Crippen LogP contribution in [-0.2, 0) is 22.5 Å². The summed E-state index contributed by atoms with van der Waals surface area (Å²) in [5.74, 6) is 0.514. The van der Waals surface area contributed by atoms with E-state index in [0.29, 0.717) is 54.0 Å². The highest BCUT2D eigenvalue weighted by molar-refractivity contribution is 6.30. The fourth-order valence-electron chi connectivity index (χ4n) is 4.34. The van der Waals surface area contributed by atoms with Crippen molar-refractivity contribution in [2.24, 2.45) is 5.92 Å². The number of nitrogens with zero attached hydrogens (tertiary/aromatic N) is 3. The zero-order chi connectivity index (χ0) is 27.2. The maximum Gasteiger partial charge on any atom is 0.258 e. The van der Waals surface area contributed by atoms with Crippen LogP contribution in [0.25, 0.3) is 0 Å². The topological polar surface area (TPSA) is 95.3 Å². The van der Waals surface area contributed by atoms with Gasteiger partial charge in [-0.05, 0) is 54.8 Å². The molecule has 10 heteroatoms. The van der Waals surface area contributed by atoms with Gasteiger partial charge in [0.2, 0.25) is 5.95 Å². The Bertz CT molecular complexity index is 1500. The molecule has 0 amide bonds. The summed E-state index contributed by atoms with van der Waals surface area (Å²) in [6.45, 7) is 1.35. The van der Waals surface area contributed by atoms with Crippen molar-refractivity contribution >= 4 is 29.0 Å². The first-order chi connectivity index (χ1) is 18.9. The third-order valence-corrected chi connectivity index (χ3v) is 6.69. The first-order valence-electron chi connectivity index (χ1n) is 12.5. The van der Waals surface area contributed by atoms with Gasteiger partial charge in [0.1, 0.15) is 23.1 Å². The lowest BCUT2D eigenvalue weighted by atomic mass is 9.92. The molecule has 3 heterocycles. The Morgan fingerprint density at radius 2 is 1.79 bits per heavy atom. The summed E-state index contributed by atoms with van der Waals surface area (Å²) in [7, 11) is 0. The van der Waals surface area contributed by atoms with Crippen LogP contribution in [-0.4, -0.2) is 33.5 Å². The van der Waals surface area contributed by atoms with Crippen LogP contribution in [0.3, 0.4) is 0 Å². The highest BCUT2D eigenvalue weighted by Crippen LogP contribution is 2.24. The molecule has 5 rings (SSSR count). The van der Waals surface area contributed by atoms with Gasteiger partial charge in [0, 0.05) is 54.1 Å². The largest absolute Gasteiger partial charge is 0.456 e. The molecule has 2 aromatic heterocycles. The maximum atomic E-state index is 13.6. The molecule has 1 aliphatic heterocycles. The maximum absolute atomic E-state index is 13.6. The molecule has 0 atom stereocenters. The van der Waals surface area contributed by atoms with E-state index in [2.05, 4.69) is 15.3 Å². The molecular weight excluding hydrogens is 523 g/mol. The molecule has 0 unspecified atom stereocenters. The number of nitrogens with one attached hydrogen (secondary N) is 1. The van der Waals surface area contributed by atoms with Crippen molar-refractivity contribution < 1.29 is 18.7 Å². The number of hydrogen-bond donors (Lipinski definition) is 1. The molecule has 0 saturated carbocycles. The molecule has 8 nitrogen and oxygen atoms in total. The van der Waals surface area contributed by atoms with Gasteiger partial charge in [-0.1, -0.05) is 23.7 Å². The molecule has 0 radical (unpaired) electrons. The quantitative estimate of drug-likeness (QED) is 0.293. The van der Waals surface area contributed by atoms with E-state index in [1.54, 1.807) is 36.4 Å². The molecule has 200 valence electrons. The molecule has 2 aromatic carbocycles. The lowest BCUT2D eigenvalue weighted by Gasteiger charge is -2.21. The van der Waals surface area contributed by atoms with E-state index in [1.165, 1.54) is 23.0 Å². The van der Waals surface area contributed by atoms with Crippen molar-refractivity contribution in [3.05, 3.63) is 106 Å². The van der Waals surface area contributed by atoms with E-state index in [-0.39, 0.29) is 36.0 Å². The second-order valence-corrected chi connectivity index (χ2v) is 9.68. The lowest BCUT2D eigenvalue weighted by Crippen LogP contribution is -2.31. The van der Waals surface area contributed by atoms with Crippen molar-refractivity contribution in [1.29, 1.82) is 0 Å². The number of halogens is 2. The Morgan fingerprint density at radius 3 is 2.51 bits per heavy atom. The average molecular weight is 549 g/mol. The zero-order valence-electron chi connectivity index (χ0n) is 21.0. The third-order valence-electron chi connectivity index (χ3n) is 6.44. The van der Waals surface area contributed by atoms with Gasteiger partial charge in [-0.15, -0.1) is 0 Å². The Morgan fingerprint density at radius 1 is 1.05 bits per heavy atom. The number of ketones is 1. The van der Waals surface area contributed by atoms with Gasteiger partial charge >= 0.3 is 0 Å². The fraction of sp³-hybridized carbons (Fsp3) is 0.241. The minimum atomic E-state index is -0.492. The second kappa shape index (κ2) is 12.2. The zero-order valence-corrected chi connectivity index (χ0v) is 21.7. The van der Waals surface area contributed by atoms with Gasteiger partial charge in [0.25, 0.3) is 5.56 Å². The Labute approximate surface area is 229 Å². The Balaban J connectivity index is 1.38. The summed E-state index contributed by atoms with van der Waals surface area (Å²) >= 11 is 6.04. The number of aromatic nitrogens is 3. The van der Waals surface area contributed by atoms with Crippen LogP contribution in [0.15, 0.2) is 78.0 Å². The molecule has 1 aliphatic rings. The van der Waals surface area contributed by atoms with Gasteiger partial charge in [-0.25, -0.2) is 9.37 Å². The second-order valence-electron chi connectivity index (χ2n) is 9.24. The van der Waals surface area contributed by atoms with Crippen LogP contribution in [0.1, 0.15) is 24.0 Å². The molecule has 1 saturated heterocycles. The summed E-state index contributed by atoms with van der Waals surface area (Å²) in [4.78, 5) is 34.8. The number of Topliss-reactive ketones (excluding diaryl/α,β-unsaturated/α-hetero) is 1. The van der Waals surface area contributed by atoms with E-state index in [1.807, 2.05) is 12.1 Å². The van der Waals surface area contributed by atoms with Crippen LogP contribution >= 0.6 is 11.6 Å². The summed E-state index contributed by atoms with van der Waals surface area (Å²) in [5, 5.41) is 3.78. The van der Waals surface area contributed by atoms with Gasteiger partial charge in [-0.3, -0.25) is 19.1 Å². The standard InChI is InChI=1S/C29H26ClFN4O4/c30-22-3-1-19(2-4-22)18-35-28(37)21(13-27(36)20-9-11-38-12-10-20)15-33-29(35)34-24-5-7-25(8-6-24)39-26-14-23(31)16-32-17-26/h1-8,14-17,20H,9-13,18H2,(H,33,34). The number of ether oxygens (including phenoxy) is 2. The number of benzene rings is 2. The first-order valence-corrected chi connectivity index (χ1v) is 12.9. The smallest absolute Gasteiger partial charge is 0.258 e. The van der Waals surface area contributed by atoms with Gasteiger partial charge in [-0.2, -0.15) is 0 Å². The van der Waals surface area contributed by atoms with Crippen molar-refractivity contribution in [3.63, 3.8) is 0 Å². The SMILES string of the molecule is O=C(Cc1cnc(Nc2ccc(Oc3cncc(F)c3)cc2)n(Cc2ccc(Cl)cc2)c1=O)C1CCOCC1. The van der Waals surface area contributed by atoms with Crippen LogP contribution in [0.5, 0.6) is 11.5 Å². The summed E-state index contributed by atoms with van der Waals surface area (Å²) in [6.07, 6.45) is 5.35. The molecule has 0 aliphatic carbocycles. The van der Waals surface area contributed by atoms with Crippen molar-refractivity contribution in [1.82, 2.24) is 14.5 Å². The molecular formula is C29H26ClFN4O4. The van der Waals surface area contributed by atoms with Crippen LogP contribution in [0.2, 0.25) is 5.02 Å². The van der Waals surface area contributed by atoms with Gasteiger partial charge < -0.3 is 14.8 Å². The van der Waals surface area contributed by atoms with E-state index in [9.17, 15) is 14.0 Å². The normalized spacial score (nSPS) is 13.7. The van der Waals surface area contributed by atoms with Crippen LogP contribution in [0, 0.1) is 11.7 Å². The Kier molecular flexibility index (Phi) is 8.29. The van der Waals surface area contributed by atoms with Crippen LogP contribution < -0.4 is 15.6 Å². The van der Waals surface area contributed by atoms with E-state index >= 15 is 0 Å². The number of rotatable bonds is 9. The lowest BCUT2D eigenvalue weighted by molar-refractivity contribution is -0.125. The average Bonchev–Trinajstić information content (AvgIpc) is 2.95. The van der Waals surface area contributed by atoms with Gasteiger partial charge in [0.05, 0.1) is 18.9 Å². The predicted octanol–water partition coefficient (Wildman–Crippen LogP) is 5.55. The van der Waals surface area contributed by atoms with Crippen LogP contribution in [0.4, 0.5) is 16.0 Å². The van der Waals surface area contributed by atoms with Crippen molar-refractivity contribution in [2.75, 3.05) is 18.5 Å². The predicted molar refractivity (Wildman–Crippen MR) is 145 cm³/mol. The minimum absolute atomic E-state index is 0.0262.